The molecule has 0 aliphatic heterocycles. The first kappa shape index (κ1) is 14.8. The van der Waals surface area contributed by atoms with E-state index in [1.54, 1.807) is 17.2 Å². The molecule has 0 bridgehead atoms. The zero-order chi connectivity index (χ0) is 14.5. The summed E-state index contributed by atoms with van der Waals surface area (Å²) in [7, 11) is 0. The SMILES string of the molecule is CCN(CC)C(=O)c1cc(NCC(N)C2CC2)ccn1. The van der Waals surface area contributed by atoms with Crippen molar-refractivity contribution in [2.45, 2.75) is 32.7 Å². The normalized spacial score (nSPS) is 15.8. The summed E-state index contributed by atoms with van der Waals surface area (Å²) < 4.78 is 0. The Morgan fingerprint density at radius 2 is 2.20 bits per heavy atom. The number of hydrogen-bond acceptors (Lipinski definition) is 4. The number of hydrogen-bond donors (Lipinski definition) is 2. The molecule has 0 saturated heterocycles. The Kier molecular flexibility index (Phi) is 4.95. The molecule has 0 aromatic carbocycles. The van der Waals surface area contributed by atoms with Crippen molar-refractivity contribution in [3.63, 3.8) is 0 Å². The molecule has 1 unspecified atom stereocenters. The Labute approximate surface area is 120 Å². The van der Waals surface area contributed by atoms with Gasteiger partial charge in [-0.15, -0.1) is 0 Å². The standard InChI is InChI=1S/C15H24N4O/c1-3-19(4-2)15(20)14-9-12(7-8-17-14)18-10-13(16)11-5-6-11/h7-9,11,13H,3-6,10,16H2,1-2H3,(H,17,18). The Balaban J connectivity index is 1.97. The minimum atomic E-state index is -0.0230. The van der Waals surface area contributed by atoms with E-state index in [-0.39, 0.29) is 11.9 Å². The number of nitrogens with two attached hydrogens (primary N) is 1. The van der Waals surface area contributed by atoms with Gasteiger partial charge in [0.05, 0.1) is 0 Å². The first-order valence-corrected chi connectivity index (χ1v) is 7.40. The number of pyridine rings is 1. The molecule has 5 nitrogen and oxygen atoms in total. The van der Waals surface area contributed by atoms with Gasteiger partial charge in [0.2, 0.25) is 0 Å². The minimum Gasteiger partial charge on any atom is -0.383 e. The zero-order valence-electron chi connectivity index (χ0n) is 12.3. The van der Waals surface area contributed by atoms with E-state index in [0.717, 1.165) is 12.2 Å². The third kappa shape index (κ3) is 3.70. The van der Waals surface area contributed by atoms with E-state index in [1.165, 1.54) is 12.8 Å². The van der Waals surface area contributed by atoms with Crippen LogP contribution in [0.5, 0.6) is 0 Å². The minimum absolute atomic E-state index is 0.0230. The van der Waals surface area contributed by atoms with E-state index in [4.69, 9.17) is 5.73 Å². The van der Waals surface area contributed by atoms with Gasteiger partial charge in [0, 0.05) is 37.6 Å². The van der Waals surface area contributed by atoms with E-state index in [9.17, 15) is 4.79 Å². The summed E-state index contributed by atoms with van der Waals surface area (Å²) in [5.41, 5.74) is 7.46. The van der Waals surface area contributed by atoms with Crippen LogP contribution in [0, 0.1) is 5.92 Å². The second-order valence-electron chi connectivity index (χ2n) is 5.29. The summed E-state index contributed by atoms with van der Waals surface area (Å²) in [6, 6.07) is 3.88. The first-order valence-electron chi connectivity index (χ1n) is 7.40. The Hall–Kier alpha value is -1.62. The molecule has 0 spiro atoms. The highest BCUT2D eigenvalue weighted by atomic mass is 16.2. The maximum absolute atomic E-state index is 12.2. The van der Waals surface area contributed by atoms with Crippen molar-refractivity contribution in [2.24, 2.45) is 11.7 Å². The molecule has 0 radical (unpaired) electrons. The highest BCUT2D eigenvalue weighted by Crippen LogP contribution is 2.31. The Morgan fingerprint density at radius 1 is 1.50 bits per heavy atom. The van der Waals surface area contributed by atoms with Crippen LogP contribution in [0.1, 0.15) is 37.2 Å². The van der Waals surface area contributed by atoms with Gasteiger partial charge in [0.25, 0.3) is 5.91 Å². The van der Waals surface area contributed by atoms with Crippen LogP contribution in [0.25, 0.3) is 0 Å². The van der Waals surface area contributed by atoms with Gasteiger partial charge in [-0.2, -0.15) is 0 Å². The van der Waals surface area contributed by atoms with Crippen molar-refractivity contribution in [3.8, 4) is 0 Å². The summed E-state index contributed by atoms with van der Waals surface area (Å²) >= 11 is 0. The topological polar surface area (TPSA) is 71.2 Å². The molecule has 1 heterocycles. The van der Waals surface area contributed by atoms with Crippen LogP contribution in [-0.2, 0) is 0 Å². The lowest BCUT2D eigenvalue weighted by Gasteiger charge is -2.18. The molecule has 5 heteroatoms. The molecule has 1 saturated carbocycles. The summed E-state index contributed by atoms with van der Waals surface area (Å²) in [5.74, 6) is 0.645. The van der Waals surface area contributed by atoms with Crippen LogP contribution in [0.2, 0.25) is 0 Å². The monoisotopic (exact) mass is 276 g/mol. The molecule has 1 aliphatic carbocycles. The predicted octanol–water partition coefficient (Wildman–Crippen LogP) is 1.71. The molecular formula is C15H24N4O. The highest BCUT2D eigenvalue weighted by Gasteiger charge is 2.28. The maximum Gasteiger partial charge on any atom is 0.272 e. The fraction of sp³-hybridized carbons (Fsp3) is 0.600. The lowest BCUT2D eigenvalue weighted by molar-refractivity contribution is 0.0767. The molecule has 20 heavy (non-hydrogen) atoms. The first-order chi connectivity index (χ1) is 9.65. The van der Waals surface area contributed by atoms with Gasteiger partial charge in [-0.3, -0.25) is 9.78 Å². The molecule has 2 rings (SSSR count). The van der Waals surface area contributed by atoms with Crippen LogP contribution >= 0.6 is 0 Å². The molecular weight excluding hydrogens is 252 g/mol. The summed E-state index contributed by atoms with van der Waals surface area (Å²) in [6.07, 6.45) is 4.15. The summed E-state index contributed by atoms with van der Waals surface area (Å²) in [6.45, 7) is 6.08. The quantitative estimate of drug-likeness (QED) is 0.795. The Bertz CT molecular complexity index is 455. The molecule has 1 aliphatic rings. The number of rotatable bonds is 7. The largest absolute Gasteiger partial charge is 0.383 e. The van der Waals surface area contributed by atoms with Gasteiger partial charge in [0.15, 0.2) is 0 Å². The molecule has 1 aromatic heterocycles. The number of nitrogens with one attached hydrogen (secondary N) is 1. The summed E-state index contributed by atoms with van der Waals surface area (Å²) in [5, 5.41) is 3.30. The van der Waals surface area contributed by atoms with Crippen molar-refractivity contribution in [2.75, 3.05) is 25.0 Å². The van der Waals surface area contributed by atoms with Crippen LogP contribution in [-0.4, -0.2) is 41.5 Å². The van der Waals surface area contributed by atoms with Crippen molar-refractivity contribution >= 4 is 11.6 Å². The Morgan fingerprint density at radius 3 is 2.80 bits per heavy atom. The summed E-state index contributed by atoms with van der Waals surface area (Å²) in [4.78, 5) is 18.2. The van der Waals surface area contributed by atoms with Gasteiger partial charge in [-0.1, -0.05) is 0 Å². The fourth-order valence-electron chi connectivity index (χ4n) is 2.26. The van der Waals surface area contributed by atoms with Crippen LogP contribution < -0.4 is 11.1 Å². The molecule has 1 atom stereocenters. The lowest BCUT2D eigenvalue weighted by Crippen LogP contribution is -2.32. The average molecular weight is 276 g/mol. The van der Waals surface area contributed by atoms with E-state index in [0.29, 0.717) is 24.7 Å². The zero-order valence-corrected chi connectivity index (χ0v) is 12.3. The second kappa shape index (κ2) is 6.70. The number of nitrogens with zero attached hydrogens (tertiary/aromatic N) is 2. The van der Waals surface area contributed by atoms with Gasteiger partial charge < -0.3 is 16.0 Å². The van der Waals surface area contributed by atoms with Crippen molar-refractivity contribution in [3.05, 3.63) is 24.0 Å². The molecule has 3 N–H and O–H groups in total. The second-order valence-corrected chi connectivity index (χ2v) is 5.29. The molecule has 110 valence electrons. The maximum atomic E-state index is 12.2. The number of carbonyl (C=O) groups excluding carboxylic acids is 1. The van der Waals surface area contributed by atoms with Gasteiger partial charge in [0.1, 0.15) is 5.69 Å². The number of anilines is 1. The van der Waals surface area contributed by atoms with Gasteiger partial charge in [-0.05, 0) is 44.7 Å². The van der Waals surface area contributed by atoms with Crippen molar-refractivity contribution in [1.82, 2.24) is 9.88 Å². The van der Waals surface area contributed by atoms with Crippen molar-refractivity contribution in [1.29, 1.82) is 0 Å². The lowest BCUT2D eigenvalue weighted by atomic mass is 10.2. The van der Waals surface area contributed by atoms with Crippen molar-refractivity contribution < 1.29 is 4.79 Å². The molecule has 1 amide bonds. The third-order valence-electron chi connectivity index (χ3n) is 3.80. The van der Waals surface area contributed by atoms with Gasteiger partial charge in [-0.25, -0.2) is 0 Å². The molecule has 1 aromatic rings. The smallest absolute Gasteiger partial charge is 0.272 e. The number of carbonyl (C=O) groups is 1. The number of amides is 1. The average Bonchev–Trinajstić information content (AvgIpc) is 3.31. The van der Waals surface area contributed by atoms with Gasteiger partial charge >= 0.3 is 0 Å². The number of aromatic nitrogens is 1. The fourth-order valence-corrected chi connectivity index (χ4v) is 2.26. The predicted molar refractivity (Wildman–Crippen MR) is 80.7 cm³/mol. The molecule has 1 fully saturated rings. The van der Waals surface area contributed by atoms with Crippen LogP contribution in [0.3, 0.4) is 0 Å². The van der Waals surface area contributed by atoms with E-state index < -0.39 is 0 Å². The van der Waals surface area contributed by atoms with Crippen LogP contribution in [0.4, 0.5) is 5.69 Å². The third-order valence-corrected chi connectivity index (χ3v) is 3.80. The van der Waals surface area contributed by atoms with E-state index in [1.807, 2.05) is 19.9 Å². The van der Waals surface area contributed by atoms with E-state index in [2.05, 4.69) is 10.3 Å². The van der Waals surface area contributed by atoms with E-state index >= 15 is 0 Å². The van der Waals surface area contributed by atoms with Crippen LogP contribution in [0.15, 0.2) is 18.3 Å². The highest BCUT2D eigenvalue weighted by molar-refractivity contribution is 5.93.